The summed E-state index contributed by atoms with van der Waals surface area (Å²) in [5.74, 6) is 1.46. The zero-order chi connectivity index (χ0) is 12.7. The predicted molar refractivity (Wildman–Crippen MR) is 77.9 cm³/mol. The molecular weight excluding hydrogens is 228 g/mol. The maximum Gasteiger partial charge on any atom is 0.00870 e. The number of aryl methyl sites for hydroxylation is 1. The monoisotopic (exact) mass is 254 g/mol. The summed E-state index contributed by atoms with van der Waals surface area (Å²) >= 11 is 1.87. The smallest absolute Gasteiger partial charge is 0.00870 e. The Morgan fingerprint density at radius 1 is 1.29 bits per heavy atom. The van der Waals surface area contributed by atoms with Gasteiger partial charge in [0, 0.05) is 4.88 Å². The van der Waals surface area contributed by atoms with Gasteiger partial charge in [-0.25, -0.2) is 0 Å². The number of hydrogen-bond donors (Lipinski definition) is 2. The Kier molecular flexibility index (Phi) is 6.78. The van der Waals surface area contributed by atoms with Crippen molar-refractivity contribution in [3.63, 3.8) is 0 Å². The van der Waals surface area contributed by atoms with Crippen molar-refractivity contribution in [2.24, 2.45) is 11.8 Å². The Bertz CT molecular complexity index is 307. The van der Waals surface area contributed by atoms with E-state index in [0.29, 0.717) is 0 Å². The molecule has 0 aliphatic heterocycles. The largest absolute Gasteiger partial charge is 0.319 e. The molecule has 17 heavy (non-hydrogen) atoms. The first-order chi connectivity index (χ1) is 8.15. The second-order valence-electron chi connectivity index (χ2n) is 5.04. The molecule has 1 aromatic heterocycles. The van der Waals surface area contributed by atoms with Crippen molar-refractivity contribution in [1.29, 1.82) is 0 Å². The molecule has 0 fully saturated rings. The molecule has 0 radical (unpaired) electrons. The van der Waals surface area contributed by atoms with Crippen molar-refractivity contribution in [2.75, 3.05) is 26.7 Å². The number of thiophene rings is 1. The van der Waals surface area contributed by atoms with Crippen LogP contribution in [0.25, 0.3) is 0 Å². The van der Waals surface area contributed by atoms with Gasteiger partial charge in [-0.1, -0.05) is 13.8 Å². The molecule has 0 saturated carbocycles. The molecule has 3 heteroatoms. The summed E-state index contributed by atoms with van der Waals surface area (Å²) in [7, 11) is 2.03. The third-order valence-corrected chi connectivity index (χ3v) is 4.40. The van der Waals surface area contributed by atoms with Gasteiger partial charge < -0.3 is 10.6 Å². The van der Waals surface area contributed by atoms with Crippen LogP contribution in [0.2, 0.25) is 0 Å². The van der Waals surface area contributed by atoms with Crippen LogP contribution >= 0.6 is 11.3 Å². The van der Waals surface area contributed by atoms with Gasteiger partial charge in [-0.3, -0.25) is 0 Å². The Balaban J connectivity index is 2.20. The maximum absolute atomic E-state index is 3.58. The van der Waals surface area contributed by atoms with Gasteiger partial charge in [-0.15, -0.1) is 11.3 Å². The summed E-state index contributed by atoms with van der Waals surface area (Å²) in [6.07, 6.45) is 1.16. The van der Waals surface area contributed by atoms with Gasteiger partial charge in [0.1, 0.15) is 0 Å². The average Bonchev–Trinajstić information content (AvgIpc) is 2.68. The van der Waals surface area contributed by atoms with Crippen LogP contribution in [0, 0.1) is 18.8 Å². The molecule has 98 valence electrons. The minimum Gasteiger partial charge on any atom is -0.319 e. The minimum atomic E-state index is 0.726. The molecule has 2 nitrogen and oxygen atoms in total. The van der Waals surface area contributed by atoms with Crippen molar-refractivity contribution in [3.05, 3.63) is 21.9 Å². The quantitative estimate of drug-likeness (QED) is 0.697. The molecule has 0 saturated heterocycles. The van der Waals surface area contributed by atoms with E-state index in [1.807, 2.05) is 18.4 Å². The highest BCUT2D eigenvalue weighted by Gasteiger charge is 2.11. The molecule has 1 aromatic rings. The molecule has 0 aliphatic carbocycles. The fraction of sp³-hybridized carbons (Fsp3) is 0.714. The van der Waals surface area contributed by atoms with E-state index in [0.717, 1.165) is 37.9 Å². The molecule has 0 aromatic carbocycles. The predicted octanol–water partition coefficient (Wildman–Crippen LogP) is 2.68. The molecule has 0 amide bonds. The second kappa shape index (κ2) is 7.85. The first kappa shape index (κ1) is 14.7. The molecule has 1 rings (SSSR count). The first-order valence-electron chi connectivity index (χ1n) is 6.53. The summed E-state index contributed by atoms with van der Waals surface area (Å²) in [4.78, 5) is 1.52. The van der Waals surface area contributed by atoms with Crippen LogP contribution in [0.3, 0.4) is 0 Å². The van der Waals surface area contributed by atoms with E-state index in [9.17, 15) is 0 Å². The molecule has 1 heterocycles. The van der Waals surface area contributed by atoms with Crippen molar-refractivity contribution in [3.8, 4) is 0 Å². The summed E-state index contributed by atoms with van der Waals surface area (Å²) in [5.41, 5.74) is 1.44. The van der Waals surface area contributed by atoms with Gasteiger partial charge in [0.15, 0.2) is 0 Å². The fourth-order valence-corrected chi connectivity index (χ4v) is 2.87. The number of nitrogens with one attached hydrogen (secondary N) is 2. The lowest BCUT2D eigenvalue weighted by Gasteiger charge is -2.20. The molecule has 1 unspecified atom stereocenters. The lowest BCUT2D eigenvalue weighted by Crippen LogP contribution is -2.34. The van der Waals surface area contributed by atoms with Crippen molar-refractivity contribution >= 4 is 11.3 Å². The average molecular weight is 254 g/mol. The number of hydrogen-bond acceptors (Lipinski definition) is 3. The van der Waals surface area contributed by atoms with Crippen LogP contribution in [0.5, 0.6) is 0 Å². The summed E-state index contributed by atoms with van der Waals surface area (Å²) in [5, 5.41) is 9.04. The van der Waals surface area contributed by atoms with Crippen LogP contribution in [-0.2, 0) is 6.42 Å². The van der Waals surface area contributed by atoms with Crippen molar-refractivity contribution in [1.82, 2.24) is 10.6 Å². The fourth-order valence-electron chi connectivity index (χ4n) is 1.96. The molecule has 1 atom stereocenters. The Labute approximate surface area is 110 Å². The first-order valence-corrected chi connectivity index (χ1v) is 7.41. The van der Waals surface area contributed by atoms with E-state index in [2.05, 4.69) is 42.9 Å². The lowest BCUT2D eigenvalue weighted by molar-refractivity contribution is 0.354. The van der Waals surface area contributed by atoms with Gasteiger partial charge in [-0.2, -0.15) is 0 Å². The summed E-state index contributed by atoms with van der Waals surface area (Å²) in [6, 6.07) is 2.21. The molecule has 0 bridgehead atoms. The molecule has 2 N–H and O–H groups in total. The van der Waals surface area contributed by atoms with E-state index < -0.39 is 0 Å². The van der Waals surface area contributed by atoms with Crippen LogP contribution in [-0.4, -0.2) is 26.7 Å². The van der Waals surface area contributed by atoms with E-state index in [1.54, 1.807) is 0 Å². The Morgan fingerprint density at radius 2 is 2.06 bits per heavy atom. The zero-order valence-electron chi connectivity index (χ0n) is 11.5. The molecule has 0 spiro atoms. The normalized spacial score (nSPS) is 13.2. The van der Waals surface area contributed by atoms with E-state index in [1.165, 1.54) is 10.4 Å². The standard InChI is InChI=1S/C14H26N2S/c1-11(2)13(9-15-4)10-16-7-5-14-12(3)6-8-17-14/h6,8,11,13,15-16H,5,7,9-10H2,1-4H3. The van der Waals surface area contributed by atoms with Crippen molar-refractivity contribution < 1.29 is 0 Å². The van der Waals surface area contributed by atoms with E-state index >= 15 is 0 Å². The van der Waals surface area contributed by atoms with Gasteiger partial charge >= 0.3 is 0 Å². The lowest BCUT2D eigenvalue weighted by atomic mass is 9.96. The second-order valence-corrected chi connectivity index (χ2v) is 6.04. The minimum absolute atomic E-state index is 0.726. The highest BCUT2D eigenvalue weighted by atomic mass is 32.1. The number of rotatable bonds is 8. The highest BCUT2D eigenvalue weighted by molar-refractivity contribution is 7.10. The van der Waals surface area contributed by atoms with E-state index in [-0.39, 0.29) is 0 Å². The van der Waals surface area contributed by atoms with Gasteiger partial charge in [0.25, 0.3) is 0 Å². The highest BCUT2D eigenvalue weighted by Crippen LogP contribution is 2.15. The van der Waals surface area contributed by atoms with E-state index in [4.69, 9.17) is 0 Å². The Morgan fingerprint density at radius 3 is 2.59 bits per heavy atom. The molecule has 0 aliphatic rings. The third-order valence-electron chi connectivity index (χ3n) is 3.31. The van der Waals surface area contributed by atoms with Crippen molar-refractivity contribution in [2.45, 2.75) is 27.2 Å². The van der Waals surface area contributed by atoms with Crippen LogP contribution in [0.15, 0.2) is 11.4 Å². The van der Waals surface area contributed by atoms with Crippen LogP contribution < -0.4 is 10.6 Å². The van der Waals surface area contributed by atoms with Crippen LogP contribution in [0.4, 0.5) is 0 Å². The summed E-state index contributed by atoms with van der Waals surface area (Å²) in [6.45, 7) is 10.1. The third kappa shape index (κ3) is 5.19. The van der Waals surface area contributed by atoms with Gasteiger partial charge in [0.2, 0.25) is 0 Å². The Hall–Kier alpha value is -0.380. The van der Waals surface area contributed by atoms with Crippen LogP contribution in [0.1, 0.15) is 24.3 Å². The van der Waals surface area contributed by atoms with Gasteiger partial charge in [0.05, 0.1) is 0 Å². The topological polar surface area (TPSA) is 24.1 Å². The SMILES string of the molecule is CNCC(CNCCc1sccc1C)C(C)C. The van der Waals surface area contributed by atoms with Gasteiger partial charge in [-0.05, 0) is 68.9 Å². The molecular formula is C14H26N2S. The summed E-state index contributed by atoms with van der Waals surface area (Å²) < 4.78 is 0. The zero-order valence-corrected chi connectivity index (χ0v) is 12.4. The maximum atomic E-state index is 3.58.